The molecule has 0 unspecified atom stereocenters. The molecule has 0 amide bonds. The van der Waals surface area contributed by atoms with Gasteiger partial charge in [-0.3, -0.25) is 9.78 Å². The van der Waals surface area contributed by atoms with Gasteiger partial charge in [-0.2, -0.15) is 10.1 Å². The van der Waals surface area contributed by atoms with Crippen LogP contribution in [0, 0.1) is 0 Å². The second-order valence-electron chi connectivity index (χ2n) is 5.71. The van der Waals surface area contributed by atoms with Crippen molar-refractivity contribution in [3.8, 4) is 5.69 Å². The summed E-state index contributed by atoms with van der Waals surface area (Å²) in [5.74, 6) is 0.611. The van der Waals surface area contributed by atoms with Gasteiger partial charge in [0.1, 0.15) is 5.39 Å². The first-order valence-corrected chi connectivity index (χ1v) is 7.50. The molecule has 0 atom stereocenters. The Kier molecular flexibility index (Phi) is 2.96. The number of fused-ring (bicyclic) bond motifs is 1. The number of hydrogen-bond donors (Lipinski definition) is 1. The van der Waals surface area contributed by atoms with Crippen molar-refractivity contribution in [2.45, 2.75) is 25.3 Å². The molecular formula is C16H17N5O. The Labute approximate surface area is 127 Å². The fraction of sp³-hybridized carbons (Fsp3) is 0.312. The van der Waals surface area contributed by atoms with Crippen LogP contribution in [0.3, 0.4) is 0 Å². The Morgan fingerprint density at radius 3 is 2.73 bits per heavy atom. The third-order valence-electron chi connectivity index (χ3n) is 4.38. The van der Waals surface area contributed by atoms with Crippen molar-refractivity contribution in [3.63, 3.8) is 0 Å². The number of nitrogens with one attached hydrogen (secondary N) is 1. The molecule has 6 heteroatoms. The van der Waals surface area contributed by atoms with Gasteiger partial charge in [0.05, 0.1) is 11.9 Å². The minimum Gasteiger partial charge on any atom is -0.342 e. The molecule has 1 saturated carbocycles. The quantitative estimate of drug-likeness (QED) is 0.803. The standard InChI is InChI=1S/C16H17N5O/c1-20(11-8-5-9-11)16-18-14-13(15(22)19-16)10-17-21(14)12-6-3-2-4-7-12/h2-4,6-7,10-11H,5,8-9H2,1H3,(H,18,19,22). The zero-order valence-electron chi connectivity index (χ0n) is 12.4. The van der Waals surface area contributed by atoms with Gasteiger partial charge >= 0.3 is 0 Å². The predicted octanol–water partition coefficient (Wildman–Crippen LogP) is 2.10. The van der Waals surface area contributed by atoms with Crippen LogP contribution in [0.4, 0.5) is 5.95 Å². The van der Waals surface area contributed by atoms with E-state index in [9.17, 15) is 4.79 Å². The number of para-hydroxylation sites is 1. The van der Waals surface area contributed by atoms with Crippen LogP contribution < -0.4 is 10.5 Å². The van der Waals surface area contributed by atoms with Gasteiger partial charge in [0.15, 0.2) is 5.65 Å². The highest BCUT2D eigenvalue weighted by atomic mass is 16.1. The van der Waals surface area contributed by atoms with Crippen LogP contribution >= 0.6 is 0 Å². The van der Waals surface area contributed by atoms with E-state index in [1.165, 1.54) is 6.42 Å². The molecule has 1 fully saturated rings. The summed E-state index contributed by atoms with van der Waals surface area (Å²) in [5, 5.41) is 4.83. The summed E-state index contributed by atoms with van der Waals surface area (Å²) in [4.78, 5) is 21.9. The van der Waals surface area contributed by atoms with Crippen molar-refractivity contribution in [1.82, 2.24) is 19.7 Å². The predicted molar refractivity (Wildman–Crippen MR) is 85.5 cm³/mol. The van der Waals surface area contributed by atoms with Gasteiger partial charge in [0.25, 0.3) is 5.56 Å². The van der Waals surface area contributed by atoms with E-state index in [0.717, 1.165) is 18.5 Å². The fourth-order valence-corrected chi connectivity index (χ4v) is 2.78. The monoisotopic (exact) mass is 295 g/mol. The van der Waals surface area contributed by atoms with Crippen molar-refractivity contribution < 1.29 is 0 Å². The molecule has 2 aromatic heterocycles. The van der Waals surface area contributed by atoms with Crippen molar-refractivity contribution >= 4 is 17.0 Å². The van der Waals surface area contributed by atoms with Crippen LogP contribution in [0.25, 0.3) is 16.7 Å². The molecule has 1 N–H and O–H groups in total. The first-order chi connectivity index (χ1) is 10.7. The summed E-state index contributed by atoms with van der Waals surface area (Å²) in [5.41, 5.74) is 1.34. The van der Waals surface area contributed by atoms with Gasteiger partial charge in [-0.15, -0.1) is 0 Å². The smallest absolute Gasteiger partial charge is 0.263 e. The molecule has 6 nitrogen and oxygen atoms in total. The molecule has 1 aromatic carbocycles. The summed E-state index contributed by atoms with van der Waals surface area (Å²) < 4.78 is 1.71. The zero-order chi connectivity index (χ0) is 15.1. The van der Waals surface area contributed by atoms with Crippen LogP contribution in [0.15, 0.2) is 41.3 Å². The second kappa shape index (κ2) is 4.98. The van der Waals surface area contributed by atoms with Crippen LogP contribution in [0.5, 0.6) is 0 Å². The lowest BCUT2D eigenvalue weighted by atomic mass is 9.92. The molecule has 0 bridgehead atoms. The number of H-pyrrole nitrogens is 1. The average molecular weight is 295 g/mol. The Hall–Kier alpha value is -2.63. The van der Waals surface area contributed by atoms with Crippen molar-refractivity contribution in [2.75, 3.05) is 11.9 Å². The Balaban J connectivity index is 1.86. The van der Waals surface area contributed by atoms with E-state index in [-0.39, 0.29) is 5.56 Å². The summed E-state index contributed by atoms with van der Waals surface area (Å²) >= 11 is 0. The topological polar surface area (TPSA) is 66.8 Å². The van der Waals surface area contributed by atoms with Crippen molar-refractivity contribution in [2.24, 2.45) is 0 Å². The number of hydrogen-bond acceptors (Lipinski definition) is 4. The Morgan fingerprint density at radius 1 is 1.27 bits per heavy atom. The fourth-order valence-electron chi connectivity index (χ4n) is 2.78. The minimum atomic E-state index is -0.145. The summed E-state index contributed by atoms with van der Waals surface area (Å²) in [7, 11) is 1.98. The molecule has 22 heavy (non-hydrogen) atoms. The molecule has 0 radical (unpaired) electrons. The SMILES string of the molecule is CN(c1nc2c(cnn2-c2ccccc2)c(=O)[nH]1)C1CCC1. The maximum absolute atomic E-state index is 12.3. The second-order valence-corrected chi connectivity index (χ2v) is 5.71. The van der Waals surface area contributed by atoms with E-state index < -0.39 is 0 Å². The molecule has 1 aliphatic rings. The third-order valence-corrected chi connectivity index (χ3v) is 4.38. The van der Waals surface area contributed by atoms with Crippen LogP contribution in [-0.2, 0) is 0 Å². The Bertz CT molecular complexity index is 863. The van der Waals surface area contributed by atoms with E-state index in [4.69, 9.17) is 0 Å². The minimum absolute atomic E-state index is 0.145. The van der Waals surface area contributed by atoms with Gasteiger partial charge < -0.3 is 4.90 Å². The highest BCUT2D eigenvalue weighted by molar-refractivity contribution is 5.76. The molecule has 1 aliphatic carbocycles. The van der Waals surface area contributed by atoms with E-state index in [1.54, 1.807) is 10.9 Å². The number of nitrogens with zero attached hydrogens (tertiary/aromatic N) is 4. The van der Waals surface area contributed by atoms with Crippen LogP contribution in [-0.4, -0.2) is 32.8 Å². The van der Waals surface area contributed by atoms with Gasteiger partial charge in [-0.1, -0.05) is 18.2 Å². The number of benzene rings is 1. The first kappa shape index (κ1) is 13.1. The van der Waals surface area contributed by atoms with Gasteiger partial charge in [-0.25, -0.2) is 4.68 Å². The number of aromatic amines is 1. The van der Waals surface area contributed by atoms with Gasteiger partial charge in [0.2, 0.25) is 5.95 Å². The van der Waals surface area contributed by atoms with Crippen molar-refractivity contribution in [1.29, 1.82) is 0 Å². The largest absolute Gasteiger partial charge is 0.342 e. The maximum atomic E-state index is 12.3. The molecule has 112 valence electrons. The molecule has 0 aliphatic heterocycles. The van der Waals surface area contributed by atoms with Crippen LogP contribution in [0.2, 0.25) is 0 Å². The van der Waals surface area contributed by atoms with E-state index in [1.807, 2.05) is 37.4 Å². The van der Waals surface area contributed by atoms with Gasteiger partial charge in [0, 0.05) is 13.1 Å². The highest BCUT2D eigenvalue weighted by Crippen LogP contribution is 2.26. The van der Waals surface area contributed by atoms with Gasteiger partial charge in [-0.05, 0) is 31.4 Å². The zero-order valence-corrected chi connectivity index (χ0v) is 12.4. The lowest BCUT2D eigenvalue weighted by Gasteiger charge is -2.34. The number of rotatable bonds is 3. The summed E-state index contributed by atoms with van der Waals surface area (Å²) in [6, 6.07) is 10.2. The average Bonchev–Trinajstić information content (AvgIpc) is 2.90. The number of anilines is 1. The summed E-state index contributed by atoms with van der Waals surface area (Å²) in [6.07, 6.45) is 5.11. The lowest BCUT2D eigenvalue weighted by Crippen LogP contribution is -2.39. The molecule has 0 spiro atoms. The molecule has 2 heterocycles. The lowest BCUT2D eigenvalue weighted by molar-refractivity contribution is 0.397. The third kappa shape index (κ3) is 1.99. The van der Waals surface area contributed by atoms with Crippen molar-refractivity contribution in [3.05, 3.63) is 46.9 Å². The van der Waals surface area contributed by atoms with E-state index in [0.29, 0.717) is 23.0 Å². The normalized spacial score (nSPS) is 15.0. The molecule has 3 aromatic rings. The first-order valence-electron chi connectivity index (χ1n) is 7.50. The van der Waals surface area contributed by atoms with Crippen LogP contribution in [0.1, 0.15) is 19.3 Å². The molecule has 4 rings (SSSR count). The molecular weight excluding hydrogens is 278 g/mol. The molecule has 0 saturated heterocycles. The van der Waals surface area contributed by atoms with E-state index in [2.05, 4.69) is 20.0 Å². The summed E-state index contributed by atoms with van der Waals surface area (Å²) in [6.45, 7) is 0. The number of aromatic nitrogens is 4. The highest BCUT2D eigenvalue weighted by Gasteiger charge is 2.24. The van der Waals surface area contributed by atoms with E-state index >= 15 is 0 Å². The Morgan fingerprint density at radius 2 is 2.05 bits per heavy atom. The maximum Gasteiger partial charge on any atom is 0.263 e.